The number of nitrogen functional groups attached to an aromatic ring is 1. The molecule has 2 N–H and O–H groups in total. The van der Waals surface area contributed by atoms with Crippen LogP contribution < -0.4 is 5.73 Å². The topological polar surface area (TPSA) is 43.8 Å². The Kier molecular flexibility index (Phi) is 3.53. The Labute approximate surface area is 116 Å². The van der Waals surface area contributed by atoms with Crippen molar-refractivity contribution in [1.82, 2.24) is 9.78 Å². The lowest BCUT2D eigenvalue weighted by molar-refractivity contribution is 0.571. The van der Waals surface area contributed by atoms with Gasteiger partial charge in [0.1, 0.15) is 5.82 Å². The monoisotopic (exact) mass is 391 g/mol. The van der Waals surface area contributed by atoms with Gasteiger partial charge in [-0.2, -0.15) is 5.10 Å². The fraction of sp³-hybridized carbons (Fsp3) is 0.182. The van der Waals surface area contributed by atoms with Crippen LogP contribution in [0.25, 0.3) is 0 Å². The van der Waals surface area contributed by atoms with Crippen molar-refractivity contribution < 1.29 is 0 Å². The Morgan fingerprint density at radius 3 is 2.69 bits per heavy atom. The van der Waals surface area contributed by atoms with E-state index in [0.29, 0.717) is 5.82 Å². The number of rotatable bonds is 2. The van der Waals surface area contributed by atoms with Crippen molar-refractivity contribution in [3.63, 3.8) is 0 Å². The Balaban J connectivity index is 2.43. The molecule has 0 fully saturated rings. The third kappa shape index (κ3) is 2.10. The first kappa shape index (κ1) is 11.9. The molecule has 2 rings (SSSR count). The minimum atomic E-state index is 0.124. The molecular weight excluding hydrogens is 381 g/mol. The highest BCUT2D eigenvalue weighted by Crippen LogP contribution is 2.28. The third-order valence-electron chi connectivity index (χ3n) is 2.51. The molecule has 1 aromatic heterocycles. The van der Waals surface area contributed by atoms with Crippen molar-refractivity contribution in [3.05, 3.63) is 44.1 Å². The fourth-order valence-electron chi connectivity index (χ4n) is 1.60. The van der Waals surface area contributed by atoms with Gasteiger partial charge in [0.05, 0.1) is 15.8 Å². The lowest BCUT2D eigenvalue weighted by Crippen LogP contribution is -2.12. The summed E-state index contributed by atoms with van der Waals surface area (Å²) in [6, 6.07) is 8.23. The number of hydrogen-bond acceptors (Lipinski definition) is 2. The summed E-state index contributed by atoms with van der Waals surface area (Å²) in [4.78, 5) is 0. The van der Waals surface area contributed by atoms with Crippen molar-refractivity contribution in [2.24, 2.45) is 0 Å². The van der Waals surface area contributed by atoms with E-state index in [1.165, 1.54) is 5.56 Å². The van der Waals surface area contributed by atoms with E-state index in [-0.39, 0.29) is 6.04 Å². The van der Waals surface area contributed by atoms with Gasteiger partial charge in [-0.15, -0.1) is 0 Å². The minimum absolute atomic E-state index is 0.124. The van der Waals surface area contributed by atoms with Gasteiger partial charge in [-0.3, -0.25) is 0 Å². The molecule has 84 valence electrons. The second kappa shape index (κ2) is 4.75. The molecular formula is C11H11BrIN3. The molecule has 1 aromatic carbocycles. The number of nitrogens with zero attached hydrogens (tertiary/aromatic N) is 2. The summed E-state index contributed by atoms with van der Waals surface area (Å²) >= 11 is 5.73. The molecule has 0 saturated carbocycles. The lowest BCUT2D eigenvalue weighted by Gasteiger charge is -2.15. The summed E-state index contributed by atoms with van der Waals surface area (Å²) in [5, 5.41) is 4.30. The van der Waals surface area contributed by atoms with Crippen LogP contribution in [-0.4, -0.2) is 9.78 Å². The zero-order valence-corrected chi connectivity index (χ0v) is 12.4. The number of hydrogen-bond donors (Lipinski definition) is 1. The summed E-state index contributed by atoms with van der Waals surface area (Å²) in [5.74, 6) is 0.712. The first-order valence-electron chi connectivity index (χ1n) is 4.84. The lowest BCUT2D eigenvalue weighted by atomic mass is 10.1. The molecule has 1 unspecified atom stereocenters. The molecule has 0 spiro atoms. The van der Waals surface area contributed by atoms with Crippen molar-refractivity contribution >= 4 is 44.3 Å². The van der Waals surface area contributed by atoms with E-state index in [1.807, 2.05) is 22.9 Å². The van der Waals surface area contributed by atoms with Crippen molar-refractivity contribution in [3.8, 4) is 0 Å². The maximum absolute atomic E-state index is 5.97. The number of halogens is 2. The predicted molar refractivity (Wildman–Crippen MR) is 77.3 cm³/mol. The van der Waals surface area contributed by atoms with Crippen LogP contribution in [0.5, 0.6) is 0 Å². The van der Waals surface area contributed by atoms with E-state index < -0.39 is 0 Å². The SMILES string of the molecule is CC(c1ccccc1Br)n1ncc(I)c1N. The van der Waals surface area contributed by atoms with Gasteiger partial charge in [0.15, 0.2) is 0 Å². The van der Waals surface area contributed by atoms with E-state index in [2.05, 4.69) is 56.6 Å². The van der Waals surface area contributed by atoms with Crippen LogP contribution in [0.3, 0.4) is 0 Å². The van der Waals surface area contributed by atoms with Crippen LogP contribution in [0.4, 0.5) is 5.82 Å². The molecule has 2 aromatic rings. The normalized spacial score (nSPS) is 12.7. The highest BCUT2D eigenvalue weighted by atomic mass is 127. The van der Waals surface area contributed by atoms with Crippen LogP contribution >= 0.6 is 38.5 Å². The van der Waals surface area contributed by atoms with Crippen molar-refractivity contribution in [2.75, 3.05) is 5.73 Å². The molecule has 0 amide bonds. The van der Waals surface area contributed by atoms with E-state index >= 15 is 0 Å². The van der Waals surface area contributed by atoms with Crippen LogP contribution in [0, 0.1) is 3.57 Å². The average Bonchev–Trinajstić information content (AvgIpc) is 2.60. The first-order valence-corrected chi connectivity index (χ1v) is 6.71. The number of benzene rings is 1. The van der Waals surface area contributed by atoms with Gasteiger partial charge in [0, 0.05) is 4.47 Å². The molecule has 5 heteroatoms. The highest BCUT2D eigenvalue weighted by molar-refractivity contribution is 14.1. The average molecular weight is 392 g/mol. The summed E-state index contributed by atoms with van der Waals surface area (Å²) in [6.45, 7) is 2.08. The summed E-state index contributed by atoms with van der Waals surface area (Å²) < 4.78 is 3.89. The quantitative estimate of drug-likeness (QED) is 0.797. The molecule has 0 bridgehead atoms. The van der Waals surface area contributed by atoms with Gasteiger partial charge in [-0.05, 0) is 41.1 Å². The van der Waals surface area contributed by atoms with E-state index in [4.69, 9.17) is 5.73 Å². The zero-order valence-electron chi connectivity index (χ0n) is 8.69. The molecule has 1 atom stereocenters. The summed E-state index contributed by atoms with van der Waals surface area (Å²) in [5.41, 5.74) is 7.14. The standard InChI is InChI=1S/C11H11BrIN3/c1-7(8-4-2-3-5-9(8)12)16-11(14)10(13)6-15-16/h2-7H,14H2,1H3. The minimum Gasteiger partial charge on any atom is -0.383 e. The summed E-state index contributed by atoms with van der Waals surface area (Å²) in [6.07, 6.45) is 1.78. The van der Waals surface area contributed by atoms with Crippen LogP contribution in [-0.2, 0) is 0 Å². The molecule has 0 radical (unpaired) electrons. The van der Waals surface area contributed by atoms with E-state index in [9.17, 15) is 0 Å². The van der Waals surface area contributed by atoms with Crippen LogP contribution in [0.15, 0.2) is 34.9 Å². The molecule has 0 aliphatic rings. The molecule has 3 nitrogen and oxygen atoms in total. The Morgan fingerprint density at radius 1 is 1.44 bits per heavy atom. The number of nitrogens with two attached hydrogens (primary N) is 1. The van der Waals surface area contributed by atoms with Crippen LogP contribution in [0.1, 0.15) is 18.5 Å². The van der Waals surface area contributed by atoms with Gasteiger partial charge >= 0.3 is 0 Å². The smallest absolute Gasteiger partial charge is 0.135 e. The van der Waals surface area contributed by atoms with E-state index in [1.54, 1.807) is 6.20 Å². The van der Waals surface area contributed by atoms with Gasteiger partial charge in [-0.25, -0.2) is 4.68 Å². The highest BCUT2D eigenvalue weighted by Gasteiger charge is 2.15. The molecule has 16 heavy (non-hydrogen) atoms. The predicted octanol–water partition coefficient (Wildman–Crippen LogP) is 3.44. The maximum atomic E-state index is 5.97. The first-order chi connectivity index (χ1) is 7.61. The molecule has 0 aliphatic carbocycles. The van der Waals surface area contributed by atoms with Gasteiger partial charge in [-0.1, -0.05) is 34.1 Å². The zero-order chi connectivity index (χ0) is 11.7. The van der Waals surface area contributed by atoms with Crippen molar-refractivity contribution in [1.29, 1.82) is 0 Å². The molecule has 0 saturated heterocycles. The van der Waals surface area contributed by atoms with Gasteiger partial charge in [0.2, 0.25) is 0 Å². The molecule has 0 aliphatic heterocycles. The van der Waals surface area contributed by atoms with Crippen molar-refractivity contribution in [2.45, 2.75) is 13.0 Å². The number of anilines is 1. The summed E-state index contributed by atoms with van der Waals surface area (Å²) in [7, 11) is 0. The number of aromatic nitrogens is 2. The second-order valence-electron chi connectivity index (χ2n) is 3.52. The van der Waals surface area contributed by atoms with Gasteiger partial charge < -0.3 is 5.73 Å². The maximum Gasteiger partial charge on any atom is 0.135 e. The Morgan fingerprint density at radius 2 is 2.12 bits per heavy atom. The largest absolute Gasteiger partial charge is 0.383 e. The third-order valence-corrected chi connectivity index (χ3v) is 4.06. The van der Waals surface area contributed by atoms with E-state index in [0.717, 1.165) is 8.04 Å². The Bertz CT molecular complexity index is 510. The van der Waals surface area contributed by atoms with Gasteiger partial charge in [0.25, 0.3) is 0 Å². The second-order valence-corrected chi connectivity index (χ2v) is 5.54. The molecule has 1 heterocycles. The van der Waals surface area contributed by atoms with Crippen LogP contribution in [0.2, 0.25) is 0 Å². The Hall–Kier alpha value is -0.560. The fourth-order valence-corrected chi connectivity index (χ4v) is 2.59.